The predicted molar refractivity (Wildman–Crippen MR) is 149 cm³/mol. The third kappa shape index (κ3) is 6.42. The van der Waals surface area contributed by atoms with Crippen LogP contribution in [-0.2, 0) is 22.5 Å². The largest absolute Gasteiger partial charge is 0.444 e. The second kappa shape index (κ2) is 11.6. The van der Waals surface area contributed by atoms with E-state index in [2.05, 4.69) is 10.3 Å². The van der Waals surface area contributed by atoms with E-state index in [0.717, 1.165) is 0 Å². The monoisotopic (exact) mass is 566 g/mol. The summed E-state index contributed by atoms with van der Waals surface area (Å²) in [6.45, 7) is 7.12. The van der Waals surface area contributed by atoms with E-state index in [1.54, 1.807) is 76.4 Å². The Morgan fingerprint density at radius 3 is 2.62 bits per heavy atom. The number of aryl methyl sites for hydroxylation is 1. The normalized spacial score (nSPS) is 15.2. The van der Waals surface area contributed by atoms with Crippen LogP contribution in [0.2, 0.25) is 5.02 Å². The van der Waals surface area contributed by atoms with Crippen LogP contribution in [0.5, 0.6) is 0 Å². The number of aromatic nitrogens is 1. The number of nitrogens with two attached hydrogens (primary N) is 1. The number of halogens is 2. The zero-order valence-electron chi connectivity index (χ0n) is 22.8. The molecule has 0 saturated heterocycles. The first kappa shape index (κ1) is 29.0. The molecule has 40 heavy (non-hydrogen) atoms. The highest BCUT2D eigenvalue weighted by molar-refractivity contribution is 6.30. The summed E-state index contributed by atoms with van der Waals surface area (Å²) in [6, 6.07) is 11.2. The molecule has 2 atom stereocenters. The highest BCUT2D eigenvalue weighted by atomic mass is 35.5. The van der Waals surface area contributed by atoms with E-state index in [9.17, 15) is 18.8 Å². The predicted octanol–water partition coefficient (Wildman–Crippen LogP) is 5.56. The van der Waals surface area contributed by atoms with Gasteiger partial charge in [-0.05, 0) is 87.1 Å². The topological polar surface area (TPSA) is 115 Å². The summed E-state index contributed by atoms with van der Waals surface area (Å²) in [5, 5.41) is 2.89. The number of alkyl carbamates (subject to hydrolysis) is 1. The van der Waals surface area contributed by atoms with Gasteiger partial charge in [-0.2, -0.15) is 0 Å². The second-order valence-corrected chi connectivity index (χ2v) is 11.2. The van der Waals surface area contributed by atoms with Gasteiger partial charge in [0.1, 0.15) is 17.5 Å². The summed E-state index contributed by atoms with van der Waals surface area (Å²) in [5.41, 5.74) is 8.19. The van der Waals surface area contributed by atoms with E-state index < -0.39 is 41.4 Å². The molecule has 0 radical (unpaired) electrons. The van der Waals surface area contributed by atoms with Gasteiger partial charge in [0.15, 0.2) is 0 Å². The minimum atomic E-state index is -1.20. The van der Waals surface area contributed by atoms with E-state index >= 15 is 0 Å². The average molecular weight is 567 g/mol. The lowest BCUT2D eigenvalue weighted by Crippen LogP contribution is -2.44. The van der Waals surface area contributed by atoms with E-state index in [-0.39, 0.29) is 11.6 Å². The number of nitrogens with zero attached hydrogens (tertiary/aromatic N) is 2. The number of nitrogens with one attached hydrogen (secondary N) is 1. The molecule has 8 nitrogen and oxygen atoms in total. The molecule has 210 valence electrons. The highest BCUT2D eigenvalue weighted by Gasteiger charge is 2.41. The smallest absolute Gasteiger partial charge is 0.407 e. The Balaban J connectivity index is 1.76. The first-order chi connectivity index (χ1) is 18.9. The van der Waals surface area contributed by atoms with Crippen molar-refractivity contribution >= 4 is 29.5 Å². The van der Waals surface area contributed by atoms with E-state index in [0.29, 0.717) is 46.4 Å². The van der Waals surface area contributed by atoms with Crippen molar-refractivity contribution < 1.29 is 23.5 Å². The first-order valence-corrected chi connectivity index (χ1v) is 13.3. The number of hydrogen-bond acceptors (Lipinski definition) is 5. The summed E-state index contributed by atoms with van der Waals surface area (Å²) in [7, 11) is 0. The molecule has 0 saturated carbocycles. The molecule has 3 aromatic rings. The molecule has 0 bridgehead atoms. The minimum Gasteiger partial charge on any atom is -0.444 e. The van der Waals surface area contributed by atoms with Gasteiger partial charge in [-0.3, -0.25) is 14.6 Å². The summed E-state index contributed by atoms with van der Waals surface area (Å²) in [6.07, 6.45) is 1.73. The summed E-state index contributed by atoms with van der Waals surface area (Å²) in [5.74, 6) is -1.69. The van der Waals surface area contributed by atoms with Gasteiger partial charge in [0.25, 0.3) is 5.91 Å². The quantitative estimate of drug-likeness (QED) is 0.388. The van der Waals surface area contributed by atoms with Crippen molar-refractivity contribution in [2.75, 3.05) is 0 Å². The molecule has 3 N–H and O–H groups in total. The van der Waals surface area contributed by atoms with E-state index in [4.69, 9.17) is 22.1 Å². The van der Waals surface area contributed by atoms with Gasteiger partial charge >= 0.3 is 6.09 Å². The molecule has 3 amide bonds. The average Bonchev–Trinajstić information content (AvgIpc) is 3.28. The molecule has 10 heteroatoms. The van der Waals surface area contributed by atoms with Crippen LogP contribution in [0, 0.1) is 12.7 Å². The zero-order valence-corrected chi connectivity index (χ0v) is 23.6. The van der Waals surface area contributed by atoms with Crippen LogP contribution in [0.4, 0.5) is 9.18 Å². The fraction of sp³-hybridized carbons (Fsp3) is 0.333. The van der Waals surface area contributed by atoms with Crippen molar-refractivity contribution in [2.24, 2.45) is 5.73 Å². The Hall–Kier alpha value is -3.98. The maximum absolute atomic E-state index is 14.8. The molecular weight excluding hydrogens is 535 g/mol. The SMILES string of the molecule is Cc1ncccc1C(=O)N([C@@H]1CCc2c(F)cc(Cl)cc21)[C@@H](C(N)=O)c1cccc(CNC(=O)OC(C)(C)C)c1. The van der Waals surface area contributed by atoms with Crippen molar-refractivity contribution in [3.63, 3.8) is 0 Å². The molecule has 0 spiro atoms. The third-order valence-corrected chi connectivity index (χ3v) is 6.90. The van der Waals surface area contributed by atoms with Crippen LogP contribution in [0.1, 0.15) is 77.6 Å². The molecule has 0 unspecified atom stereocenters. The molecular formula is C30H32ClFN4O4. The molecule has 1 aliphatic carbocycles. The number of amides is 3. The maximum Gasteiger partial charge on any atom is 0.407 e. The summed E-state index contributed by atoms with van der Waals surface area (Å²) >= 11 is 6.21. The number of hydrogen-bond donors (Lipinski definition) is 2. The first-order valence-electron chi connectivity index (χ1n) is 12.9. The zero-order chi connectivity index (χ0) is 29.2. The van der Waals surface area contributed by atoms with Crippen LogP contribution >= 0.6 is 11.6 Å². The Bertz CT molecular complexity index is 1460. The molecule has 1 heterocycles. The standard InChI is InChI=1S/C30H32ClFN4O4/c1-17-21(9-6-12-34-17)28(38)36(25-11-10-22-23(25)14-20(31)15-24(22)32)26(27(33)37)19-8-5-7-18(13-19)16-35-29(39)40-30(2,3)4/h5-9,12-15,25-26H,10-11,16H2,1-4H3,(H2,33,37)(H,35,39)/t25-,26-/m1/s1. The van der Waals surface area contributed by atoms with Gasteiger partial charge in [-0.15, -0.1) is 0 Å². The van der Waals surface area contributed by atoms with Crippen LogP contribution in [0.25, 0.3) is 0 Å². The number of carbonyl (C=O) groups is 3. The lowest BCUT2D eigenvalue weighted by molar-refractivity contribution is -0.123. The molecule has 2 aromatic carbocycles. The van der Waals surface area contributed by atoms with Gasteiger partial charge in [0, 0.05) is 23.5 Å². The number of fused-ring (bicyclic) bond motifs is 1. The van der Waals surface area contributed by atoms with Crippen molar-refractivity contribution in [3.8, 4) is 0 Å². The molecule has 0 fully saturated rings. The summed E-state index contributed by atoms with van der Waals surface area (Å²) < 4.78 is 20.1. The number of carbonyl (C=O) groups excluding carboxylic acids is 3. The fourth-order valence-electron chi connectivity index (χ4n) is 5.02. The van der Waals surface area contributed by atoms with Gasteiger partial charge in [-0.1, -0.05) is 35.9 Å². The molecule has 1 aromatic heterocycles. The van der Waals surface area contributed by atoms with Crippen molar-refractivity contribution in [1.82, 2.24) is 15.2 Å². The lowest BCUT2D eigenvalue weighted by atomic mass is 9.96. The van der Waals surface area contributed by atoms with Crippen LogP contribution in [0.3, 0.4) is 0 Å². The number of pyridine rings is 1. The number of rotatable bonds is 7. The van der Waals surface area contributed by atoms with Crippen molar-refractivity contribution in [2.45, 2.75) is 64.8 Å². The van der Waals surface area contributed by atoms with Gasteiger partial charge in [-0.25, -0.2) is 9.18 Å². The number of ether oxygens (including phenoxy) is 1. The van der Waals surface area contributed by atoms with Crippen LogP contribution in [0.15, 0.2) is 54.7 Å². The van der Waals surface area contributed by atoms with Crippen LogP contribution in [-0.4, -0.2) is 33.4 Å². The van der Waals surface area contributed by atoms with E-state index in [1.165, 1.54) is 11.0 Å². The Labute approximate surface area is 237 Å². The maximum atomic E-state index is 14.8. The fourth-order valence-corrected chi connectivity index (χ4v) is 5.23. The van der Waals surface area contributed by atoms with Gasteiger partial charge < -0.3 is 20.7 Å². The Morgan fingerprint density at radius 1 is 1.20 bits per heavy atom. The van der Waals surface area contributed by atoms with E-state index in [1.807, 2.05) is 0 Å². The number of primary amides is 1. The van der Waals surface area contributed by atoms with Crippen molar-refractivity contribution in [1.29, 1.82) is 0 Å². The molecule has 0 aliphatic heterocycles. The molecule has 4 rings (SSSR count). The Kier molecular flexibility index (Phi) is 8.44. The summed E-state index contributed by atoms with van der Waals surface area (Å²) in [4.78, 5) is 45.1. The second-order valence-electron chi connectivity index (χ2n) is 10.8. The van der Waals surface area contributed by atoms with Crippen LogP contribution < -0.4 is 11.1 Å². The Morgan fingerprint density at radius 2 is 1.95 bits per heavy atom. The lowest BCUT2D eigenvalue weighted by Gasteiger charge is -2.36. The number of benzene rings is 2. The van der Waals surface area contributed by atoms with Crippen molar-refractivity contribution in [3.05, 3.63) is 99.1 Å². The minimum absolute atomic E-state index is 0.122. The third-order valence-electron chi connectivity index (χ3n) is 6.68. The molecule has 1 aliphatic rings. The van der Waals surface area contributed by atoms with Gasteiger partial charge in [0.2, 0.25) is 5.91 Å². The highest BCUT2D eigenvalue weighted by Crippen LogP contribution is 2.43. The van der Waals surface area contributed by atoms with Gasteiger partial charge in [0.05, 0.1) is 11.6 Å².